The van der Waals surface area contributed by atoms with Gasteiger partial charge in [0.05, 0.1) is 40.2 Å². The first-order valence-electron chi connectivity index (χ1n) is 5.68. The summed E-state index contributed by atoms with van der Waals surface area (Å²) < 4.78 is 26.4. The van der Waals surface area contributed by atoms with Gasteiger partial charge < -0.3 is 9.22 Å². The molecule has 0 aliphatic carbocycles. The number of quaternary nitrogens is 1. The fourth-order valence-electron chi connectivity index (χ4n) is 1.96. The van der Waals surface area contributed by atoms with E-state index in [9.17, 15) is 4.79 Å². The second-order valence-corrected chi connectivity index (χ2v) is 4.18. The maximum absolute atomic E-state index is 11.0. The average molecular weight is 234 g/mol. The fraction of sp³-hybridized carbons (Fsp3) is 0.900. The van der Waals surface area contributed by atoms with Crippen LogP contribution in [0.2, 0.25) is 0 Å². The summed E-state index contributed by atoms with van der Waals surface area (Å²) in [4.78, 5) is 11.0. The van der Waals surface area contributed by atoms with Crippen LogP contribution in [0.5, 0.6) is 0 Å². The van der Waals surface area contributed by atoms with E-state index >= 15 is 0 Å². The molecule has 0 bridgehead atoms. The van der Waals surface area contributed by atoms with E-state index in [2.05, 4.69) is 21.0 Å². The second-order valence-electron chi connectivity index (χ2n) is 4.18. The Morgan fingerprint density at radius 2 is 1.88 bits per heavy atom. The van der Waals surface area contributed by atoms with Crippen molar-refractivity contribution in [2.75, 3.05) is 33.8 Å². The van der Waals surface area contributed by atoms with Crippen LogP contribution >= 0.6 is 0 Å². The molecule has 93 valence electrons. The first-order chi connectivity index (χ1) is 8.16. The predicted octanol–water partition coefficient (Wildman–Crippen LogP) is 0.833. The number of likely N-dealkylation sites (tertiary alicyclic amines) is 1. The number of hydrogen-bond acceptors (Lipinski definition) is 3. The van der Waals surface area contributed by atoms with Crippen LogP contribution in [0.25, 0.3) is 0 Å². The van der Waals surface area contributed by atoms with Gasteiger partial charge in [0.1, 0.15) is 0 Å². The zero-order valence-electron chi connectivity index (χ0n) is 11.1. The number of ether oxygens (including phenoxy) is 1. The third-order valence-corrected chi connectivity index (χ3v) is 2.98. The number of esters is 1. The molecule has 1 saturated heterocycles. The molecule has 0 aromatic rings. The third kappa shape index (κ3) is 6.66. The number of carbonyl (C=O) groups excluding carboxylic acids is 1. The molecule has 1 radical (unpaired) electrons. The van der Waals surface area contributed by atoms with Crippen molar-refractivity contribution >= 4 is 13.7 Å². The molecule has 0 spiro atoms. The number of rotatable bonds is 3. The van der Waals surface area contributed by atoms with Crippen molar-refractivity contribution in [3.05, 3.63) is 0 Å². The standard InChI is InChI=1S/C10H20NO2.BO.FH/c1-11(7-4-3-5-8-11)9-6-10(12)13-2;1-2;/h3-9H2,1-2H3;;1H/q+1;;/i/hD. The zero-order chi connectivity index (χ0) is 13.7. The van der Waals surface area contributed by atoms with E-state index in [0.717, 1.165) is 11.0 Å². The van der Waals surface area contributed by atoms with Crippen LogP contribution < -0.4 is 0 Å². The van der Waals surface area contributed by atoms with Gasteiger partial charge in [0.25, 0.3) is 1.45 Å². The van der Waals surface area contributed by atoms with Crippen LogP contribution in [0.3, 0.4) is 0 Å². The van der Waals surface area contributed by atoms with Crippen molar-refractivity contribution in [2.45, 2.75) is 25.7 Å². The molecule has 0 saturated carbocycles. The van der Waals surface area contributed by atoms with E-state index < -0.39 is 0 Å². The molecule has 1 aliphatic heterocycles. The number of methoxy groups -OCH3 is 1. The van der Waals surface area contributed by atoms with Gasteiger partial charge in [-0.1, -0.05) is 0 Å². The summed E-state index contributed by atoms with van der Waals surface area (Å²) in [6.07, 6.45) is 4.52. The van der Waals surface area contributed by atoms with E-state index in [1.807, 2.05) is 0 Å². The Kier molecular flexibility index (Phi) is 8.99. The molecule has 0 amide bonds. The number of nitrogens with zero attached hydrogens (tertiary/aromatic N) is 1. The Hall–Kier alpha value is -0.775. The number of hydrogen-bond donors (Lipinski definition) is 0. The third-order valence-electron chi connectivity index (χ3n) is 2.98. The molecular formula is C10H21BFNO3+. The van der Waals surface area contributed by atoms with Crippen molar-refractivity contribution < 1.29 is 23.4 Å². The minimum atomic E-state index is -0.0788. The average Bonchev–Trinajstić information content (AvgIpc) is 2.41. The molecule has 0 N–H and O–H groups in total. The molecule has 1 heterocycles. The van der Waals surface area contributed by atoms with Gasteiger partial charge in [-0.3, -0.25) is 9.51 Å². The van der Waals surface area contributed by atoms with E-state index in [0.29, 0.717) is 6.42 Å². The predicted molar refractivity (Wildman–Crippen MR) is 60.2 cm³/mol. The topological polar surface area (TPSA) is 43.4 Å². The summed E-state index contributed by atoms with van der Waals surface area (Å²) in [5, 5.41) is 0. The van der Waals surface area contributed by atoms with Crippen LogP contribution in [0.1, 0.15) is 25.7 Å². The summed E-state index contributed by atoms with van der Waals surface area (Å²) >= 11 is 0. The quantitative estimate of drug-likeness (QED) is 0.412. The monoisotopic (exact) mass is 234 g/mol. The summed E-state index contributed by atoms with van der Waals surface area (Å²) in [6.45, 7) is 3.38. The van der Waals surface area contributed by atoms with E-state index in [4.69, 9.17) is 9.42 Å². The maximum atomic E-state index is 11.0. The molecule has 0 aromatic carbocycles. The molecule has 0 aromatic heterocycles. The van der Waals surface area contributed by atoms with Crippen molar-refractivity contribution in [1.82, 2.24) is 0 Å². The number of carbonyl (C=O) groups is 1. The number of piperidine rings is 1. The van der Waals surface area contributed by atoms with Crippen molar-refractivity contribution in [3.8, 4) is 0 Å². The molecule has 0 atom stereocenters. The molecule has 1 fully saturated rings. The van der Waals surface area contributed by atoms with E-state index in [1.165, 1.54) is 39.5 Å². The van der Waals surface area contributed by atoms with Gasteiger partial charge in [-0.2, -0.15) is 0 Å². The molecule has 16 heavy (non-hydrogen) atoms. The molecule has 1 rings (SSSR count). The molecule has 0 unspecified atom stereocenters. The van der Waals surface area contributed by atoms with Crippen LogP contribution in [-0.2, 0) is 14.2 Å². The summed E-state index contributed by atoms with van der Waals surface area (Å²) in [7, 11) is 6.95. The number of halogens is 1. The molecule has 6 heteroatoms. The Morgan fingerprint density at radius 3 is 2.31 bits per heavy atom. The van der Waals surface area contributed by atoms with Crippen molar-refractivity contribution in [2.24, 2.45) is 0 Å². The van der Waals surface area contributed by atoms with Crippen LogP contribution in [-0.4, -0.2) is 53.4 Å². The SMILES string of the molecule is COC(=O)CC[N+]1(C)CCCCC1.[2H]F.[B]=O. The fourth-order valence-corrected chi connectivity index (χ4v) is 1.96. The second kappa shape index (κ2) is 9.45. The summed E-state index contributed by atoms with van der Waals surface area (Å²) in [6, 6.07) is 0. The van der Waals surface area contributed by atoms with Gasteiger partial charge >= 0.3 is 18.4 Å². The first-order valence-corrected chi connectivity index (χ1v) is 5.30. The van der Waals surface area contributed by atoms with E-state index in [-0.39, 0.29) is 5.97 Å². The minimum absolute atomic E-state index is 0.0788. The summed E-state index contributed by atoms with van der Waals surface area (Å²) in [5.41, 5.74) is 0. The van der Waals surface area contributed by atoms with Crippen LogP contribution in [0.4, 0.5) is 4.72 Å². The van der Waals surface area contributed by atoms with Crippen LogP contribution in [0, 0.1) is 0 Å². The Morgan fingerprint density at radius 1 is 1.38 bits per heavy atom. The van der Waals surface area contributed by atoms with Crippen molar-refractivity contribution in [3.63, 3.8) is 0 Å². The first kappa shape index (κ1) is 15.2. The van der Waals surface area contributed by atoms with Gasteiger partial charge in [-0.25, -0.2) is 0 Å². The van der Waals surface area contributed by atoms with Gasteiger partial charge in [0.2, 0.25) is 0 Å². The normalized spacial score (nSPS) is 17.8. The van der Waals surface area contributed by atoms with Gasteiger partial charge in [-0.05, 0) is 19.3 Å². The Labute approximate surface area is 98.8 Å². The molecule has 4 nitrogen and oxygen atoms in total. The van der Waals surface area contributed by atoms with Gasteiger partial charge in [-0.15, -0.1) is 0 Å². The van der Waals surface area contributed by atoms with Crippen LogP contribution in [0.15, 0.2) is 0 Å². The summed E-state index contributed by atoms with van der Waals surface area (Å²) in [5.74, 6) is -0.0788. The van der Waals surface area contributed by atoms with E-state index in [1.54, 1.807) is 0 Å². The Balaban J connectivity index is 0. The molecular weight excluding hydrogens is 212 g/mol. The van der Waals surface area contributed by atoms with Crippen molar-refractivity contribution in [1.29, 1.82) is 1.45 Å². The van der Waals surface area contributed by atoms with Gasteiger partial charge in [0.15, 0.2) is 0 Å². The Bertz CT molecular complexity index is 204. The zero-order valence-corrected chi connectivity index (χ0v) is 10.1. The molecule has 1 aliphatic rings. The van der Waals surface area contributed by atoms with Gasteiger partial charge in [0, 0.05) is 0 Å².